The number of anilines is 1. The lowest BCUT2D eigenvalue weighted by Gasteiger charge is -2.14. The van der Waals surface area contributed by atoms with E-state index in [9.17, 15) is 14.0 Å². The SMILES string of the molecule is C[C@H](NC(=O)c1cccc(Cl)c1)c1nnc(SCC(=O)Nc2ccc(Br)cc2F)n1C. The first-order chi connectivity index (χ1) is 14.7. The van der Waals surface area contributed by atoms with E-state index < -0.39 is 11.9 Å². The second-order valence-corrected chi connectivity index (χ2v) is 8.86. The van der Waals surface area contributed by atoms with Crippen LogP contribution in [0.3, 0.4) is 0 Å². The molecular formula is C20H18BrClFN5O2S. The normalized spacial score (nSPS) is 11.8. The summed E-state index contributed by atoms with van der Waals surface area (Å²) >= 11 is 10.3. The number of rotatable bonds is 7. The molecule has 1 heterocycles. The Balaban J connectivity index is 1.59. The number of hydrogen-bond donors (Lipinski definition) is 2. The quantitative estimate of drug-likeness (QED) is 0.440. The number of amides is 2. The summed E-state index contributed by atoms with van der Waals surface area (Å²) in [4.78, 5) is 24.6. The first-order valence-electron chi connectivity index (χ1n) is 9.08. The molecule has 7 nitrogen and oxygen atoms in total. The van der Waals surface area contributed by atoms with Gasteiger partial charge in [0.2, 0.25) is 5.91 Å². The van der Waals surface area contributed by atoms with Crippen LogP contribution in [0.2, 0.25) is 5.02 Å². The van der Waals surface area contributed by atoms with Crippen LogP contribution >= 0.6 is 39.3 Å². The van der Waals surface area contributed by atoms with Gasteiger partial charge >= 0.3 is 0 Å². The van der Waals surface area contributed by atoms with Crippen LogP contribution in [0, 0.1) is 5.82 Å². The number of nitrogens with zero attached hydrogens (tertiary/aromatic N) is 3. The Kier molecular flexibility index (Phi) is 7.69. The number of thioether (sulfide) groups is 1. The average Bonchev–Trinajstić information content (AvgIpc) is 3.09. The third-order valence-electron chi connectivity index (χ3n) is 4.23. The van der Waals surface area contributed by atoms with Gasteiger partial charge in [0.15, 0.2) is 11.0 Å². The predicted molar refractivity (Wildman–Crippen MR) is 122 cm³/mol. The highest BCUT2D eigenvalue weighted by molar-refractivity contribution is 9.10. The van der Waals surface area contributed by atoms with Gasteiger partial charge in [0.05, 0.1) is 17.5 Å². The zero-order chi connectivity index (χ0) is 22.5. The van der Waals surface area contributed by atoms with E-state index in [-0.39, 0.29) is 23.3 Å². The Morgan fingerprint density at radius 3 is 2.74 bits per heavy atom. The molecule has 0 saturated heterocycles. The van der Waals surface area contributed by atoms with E-state index in [0.717, 1.165) is 11.8 Å². The summed E-state index contributed by atoms with van der Waals surface area (Å²) in [5.41, 5.74) is 0.540. The van der Waals surface area contributed by atoms with Gasteiger partial charge in [-0.25, -0.2) is 4.39 Å². The van der Waals surface area contributed by atoms with Crippen molar-refractivity contribution in [1.29, 1.82) is 0 Å². The smallest absolute Gasteiger partial charge is 0.251 e. The molecule has 2 N–H and O–H groups in total. The summed E-state index contributed by atoms with van der Waals surface area (Å²) in [6.45, 7) is 1.78. The molecule has 0 aliphatic heterocycles. The van der Waals surface area contributed by atoms with Gasteiger partial charge in [-0.2, -0.15) is 0 Å². The summed E-state index contributed by atoms with van der Waals surface area (Å²) in [5.74, 6) is -0.651. The van der Waals surface area contributed by atoms with E-state index in [0.29, 0.717) is 26.0 Å². The number of benzene rings is 2. The van der Waals surface area contributed by atoms with Gasteiger partial charge in [-0.3, -0.25) is 9.59 Å². The third-order valence-corrected chi connectivity index (χ3v) is 5.98. The van der Waals surface area contributed by atoms with Crippen molar-refractivity contribution in [3.63, 3.8) is 0 Å². The fraction of sp³-hybridized carbons (Fsp3) is 0.200. The summed E-state index contributed by atoms with van der Waals surface area (Å²) in [6, 6.07) is 10.6. The third kappa shape index (κ3) is 6.05. The van der Waals surface area contributed by atoms with Crippen LogP contribution in [-0.2, 0) is 11.8 Å². The van der Waals surface area contributed by atoms with E-state index in [1.165, 1.54) is 12.1 Å². The van der Waals surface area contributed by atoms with Gasteiger partial charge in [-0.05, 0) is 43.3 Å². The number of carbonyl (C=O) groups excluding carboxylic acids is 2. The topological polar surface area (TPSA) is 88.9 Å². The number of carbonyl (C=O) groups is 2. The molecule has 0 bridgehead atoms. The highest BCUT2D eigenvalue weighted by Crippen LogP contribution is 2.22. The molecule has 0 saturated carbocycles. The maximum Gasteiger partial charge on any atom is 0.251 e. The fourth-order valence-electron chi connectivity index (χ4n) is 2.71. The van der Waals surface area contributed by atoms with E-state index >= 15 is 0 Å². The first kappa shape index (κ1) is 23.2. The van der Waals surface area contributed by atoms with Crippen molar-refractivity contribution in [1.82, 2.24) is 20.1 Å². The van der Waals surface area contributed by atoms with Crippen molar-refractivity contribution in [2.45, 2.75) is 18.1 Å². The Bertz CT molecular complexity index is 1130. The van der Waals surface area contributed by atoms with Crippen molar-refractivity contribution in [3.05, 3.63) is 69.2 Å². The summed E-state index contributed by atoms with van der Waals surface area (Å²) in [7, 11) is 1.74. The van der Waals surface area contributed by atoms with Gasteiger partial charge in [0.25, 0.3) is 5.91 Å². The lowest BCUT2D eigenvalue weighted by molar-refractivity contribution is -0.113. The number of halogens is 3. The minimum absolute atomic E-state index is 0.0186. The van der Waals surface area contributed by atoms with Gasteiger partial charge in [0, 0.05) is 22.1 Å². The predicted octanol–water partition coefficient (Wildman–Crippen LogP) is 4.59. The second kappa shape index (κ2) is 10.3. The minimum atomic E-state index is -0.530. The molecular weight excluding hydrogens is 509 g/mol. The van der Waals surface area contributed by atoms with Crippen LogP contribution in [0.5, 0.6) is 0 Å². The van der Waals surface area contributed by atoms with Gasteiger partial charge in [-0.1, -0.05) is 45.4 Å². The Labute approximate surface area is 195 Å². The molecule has 2 aromatic carbocycles. The van der Waals surface area contributed by atoms with Gasteiger partial charge < -0.3 is 15.2 Å². The van der Waals surface area contributed by atoms with Crippen LogP contribution in [0.1, 0.15) is 29.1 Å². The molecule has 0 fully saturated rings. The van der Waals surface area contributed by atoms with Crippen LogP contribution < -0.4 is 10.6 Å². The first-order valence-corrected chi connectivity index (χ1v) is 11.2. The Morgan fingerprint density at radius 1 is 1.26 bits per heavy atom. The van der Waals surface area contributed by atoms with Crippen molar-refractivity contribution < 1.29 is 14.0 Å². The zero-order valence-electron chi connectivity index (χ0n) is 16.5. The molecule has 11 heteroatoms. The number of nitrogens with one attached hydrogen (secondary N) is 2. The van der Waals surface area contributed by atoms with E-state index in [2.05, 4.69) is 36.8 Å². The number of aromatic nitrogens is 3. The van der Waals surface area contributed by atoms with Crippen molar-refractivity contribution in [2.24, 2.45) is 7.05 Å². The van der Waals surface area contributed by atoms with Crippen molar-refractivity contribution in [2.75, 3.05) is 11.1 Å². The average molecular weight is 527 g/mol. The van der Waals surface area contributed by atoms with E-state index in [1.807, 2.05) is 0 Å². The summed E-state index contributed by atoms with van der Waals surface area (Å²) in [5, 5.41) is 14.5. The van der Waals surface area contributed by atoms with Crippen molar-refractivity contribution in [3.8, 4) is 0 Å². The monoisotopic (exact) mass is 525 g/mol. The zero-order valence-corrected chi connectivity index (χ0v) is 19.7. The molecule has 31 heavy (non-hydrogen) atoms. The summed E-state index contributed by atoms with van der Waals surface area (Å²) < 4.78 is 16.1. The Hall–Kier alpha value is -2.43. The van der Waals surface area contributed by atoms with Gasteiger partial charge in [0.1, 0.15) is 5.82 Å². The molecule has 0 unspecified atom stereocenters. The second-order valence-electron chi connectivity index (χ2n) is 6.57. The lowest BCUT2D eigenvalue weighted by atomic mass is 10.2. The van der Waals surface area contributed by atoms with Crippen LogP contribution in [0.4, 0.5) is 10.1 Å². The molecule has 0 spiro atoms. The van der Waals surface area contributed by atoms with Crippen LogP contribution in [0.25, 0.3) is 0 Å². The minimum Gasteiger partial charge on any atom is -0.342 e. The Morgan fingerprint density at radius 2 is 2.03 bits per heavy atom. The fourth-order valence-corrected chi connectivity index (χ4v) is 3.95. The van der Waals surface area contributed by atoms with Crippen LogP contribution in [0.15, 0.2) is 52.1 Å². The maximum atomic E-state index is 13.9. The highest BCUT2D eigenvalue weighted by atomic mass is 79.9. The van der Waals surface area contributed by atoms with E-state index in [4.69, 9.17) is 11.6 Å². The largest absolute Gasteiger partial charge is 0.342 e. The molecule has 162 valence electrons. The molecule has 2 amide bonds. The molecule has 1 atom stereocenters. The molecule has 3 aromatic rings. The summed E-state index contributed by atoms with van der Waals surface area (Å²) in [6.07, 6.45) is 0. The molecule has 0 radical (unpaired) electrons. The lowest BCUT2D eigenvalue weighted by Crippen LogP contribution is -2.28. The number of hydrogen-bond acceptors (Lipinski definition) is 5. The molecule has 0 aliphatic carbocycles. The highest BCUT2D eigenvalue weighted by Gasteiger charge is 2.19. The maximum absolute atomic E-state index is 13.9. The standard InChI is InChI=1S/C20H18BrClFN5O2S/c1-11(24-19(30)12-4-3-5-14(22)8-12)18-26-27-20(28(18)2)31-10-17(29)25-16-7-6-13(21)9-15(16)23/h3-9,11H,10H2,1-2H3,(H,24,30)(H,25,29)/t11-/m0/s1. The van der Waals surface area contributed by atoms with E-state index in [1.54, 1.807) is 48.9 Å². The molecule has 3 rings (SSSR count). The van der Waals surface area contributed by atoms with Gasteiger partial charge in [-0.15, -0.1) is 10.2 Å². The molecule has 0 aliphatic rings. The molecule has 1 aromatic heterocycles. The van der Waals surface area contributed by atoms with Crippen molar-refractivity contribution >= 4 is 56.8 Å². The van der Waals surface area contributed by atoms with Crippen LogP contribution in [-0.4, -0.2) is 32.3 Å².